The van der Waals surface area contributed by atoms with Crippen LogP contribution >= 0.6 is 0 Å². The summed E-state index contributed by atoms with van der Waals surface area (Å²) in [7, 11) is 1.93. The number of nitrogens with one attached hydrogen (secondary N) is 1. The van der Waals surface area contributed by atoms with E-state index >= 15 is 0 Å². The minimum absolute atomic E-state index is 0.0753. The van der Waals surface area contributed by atoms with Crippen LogP contribution in [-0.4, -0.2) is 41.5 Å². The van der Waals surface area contributed by atoms with Gasteiger partial charge in [-0.15, -0.1) is 0 Å². The highest BCUT2D eigenvalue weighted by Crippen LogP contribution is 2.30. The third kappa shape index (κ3) is 3.55. The quantitative estimate of drug-likeness (QED) is 0.754. The van der Waals surface area contributed by atoms with Crippen LogP contribution in [0.25, 0.3) is 5.69 Å². The van der Waals surface area contributed by atoms with Gasteiger partial charge in [0, 0.05) is 30.0 Å². The molecule has 1 saturated carbocycles. The number of benzene rings is 1. The van der Waals surface area contributed by atoms with Gasteiger partial charge in [-0.2, -0.15) is 10.2 Å². The van der Waals surface area contributed by atoms with E-state index < -0.39 is 0 Å². The molecule has 1 aromatic carbocycles. The van der Waals surface area contributed by atoms with Crippen LogP contribution in [0, 0.1) is 13.8 Å². The molecule has 0 saturated heterocycles. The second-order valence-corrected chi connectivity index (χ2v) is 6.95. The third-order valence-electron chi connectivity index (χ3n) is 5.04. The monoisotopic (exact) mass is 365 g/mol. The number of aromatic nitrogens is 5. The number of carbonyl (C=O) groups is 1. The van der Waals surface area contributed by atoms with Gasteiger partial charge in [0.05, 0.1) is 17.9 Å². The maximum Gasteiger partial charge on any atom is 0.322 e. The van der Waals surface area contributed by atoms with Crippen LogP contribution in [0.2, 0.25) is 0 Å². The lowest BCUT2D eigenvalue weighted by Gasteiger charge is -2.23. The predicted molar refractivity (Wildman–Crippen MR) is 102 cm³/mol. The van der Waals surface area contributed by atoms with Crippen LogP contribution in [0.5, 0.6) is 0 Å². The second-order valence-electron chi connectivity index (χ2n) is 6.95. The van der Waals surface area contributed by atoms with E-state index in [-0.39, 0.29) is 6.03 Å². The summed E-state index contributed by atoms with van der Waals surface area (Å²) in [5.41, 5.74) is 4.86. The number of aryl methyl sites for hydroxylation is 2. The molecule has 2 amide bonds. The molecule has 8 heteroatoms. The molecule has 2 heterocycles. The molecule has 140 valence electrons. The van der Waals surface area contributed by atoms with Crippen LogP contribution in [0.4, 0.5) is 10.5 Å². The zero-order valence-electron chi connectivity index (χ0n) is 15.8. The van der Waals surface area contributed by atoms with Crippen molar-refractivity contribution in [1.29, 1.82) is 0 Å². The first-order valence-electron chi connectivity index (χ1n) is 9.04. The van der Waals surface area contributed by atoms with Crippen molar-refractivity contribution in [3.05, 3.63) is 53.9 Å². The van der Waals surface area contributed by atoms with Crippen LogP contribution in [0.15, 0.2) is 36.9 Å². The standard InChI is InChI=1S/C19H23N7O/c1-13-18(14(2)24(3)23-13)10-25(16-8-9-16)19(27)22-15-4-6-17(7-5-15)26-12-20-11-21-26/h4-7,11-12,16H,8-10H2,1-3H3,(H,22,27). The molecule has 4 rings (SSSR count). The lowest BCUT2D eigenvalue weighted by molar-refractivity contribution is 0.206. The molecule has 0 unspecified atom stereocenters. The molecular formula is C19H23N7O. The summed E-state index contributed by atoms with van der Waals surface area (Å²) in [5, 5.41) is 11.6. The average Bonchev–Trinajstić information content (AvgIpc) is 3.28. The van der Waals surface area contributed by atoms with E-state index in [9.17, 15) is 4.79 Å². The summed E-state index contributed by atoms with van der Waals surface area (Å²) in [6, 6.07) is 7.79. The first-order chi connectivity index (χ1) is 13.0. The van der Waals surface area contributed by atoms with E-state index in [0.29, 0.717) is 12.6 Å². The molecule has 3 aromatic rings. The van der Waals surface area contributed by atoms with Gasteiger partial charge in [-0.3, -0.25) is 4.68 Å². The van der Waals surface area contributed by atoms with Crippen molar-refractivity contribution < 1.29 is 4.79 Å². The van der Waals surface area contributed by atoms with Crippen molar-refractivity contribution in [2.75, 3.05) is 5.32 Å². The normalized spacial score (nSPS) is 13.6. The van der Waals surface area contributed by atoms with Gasteiger partial charge < -0.3 is 10.2 Å². The maximum absolute atomic E-state index is 12.9. The van der Waals surface area contributed by atoms with Crippen LogP contribution in [-0.2, 0) is 13.6 Å². The molecule has 2 aromatic heterocycles. The van der Waals surface area contributed by atoms with Crippen molar-refractivity contribution in [3.63, 3.8) is 0 Å². The van der Waals surface area contributed by atoms with Gasteiger partial charge in [0.2, 0.25) is 0 Å². The van der Waals surface area contributed by atoms with Gasteiger partial charge in [-0.25, -0.2) is 14.5 Å². The molecule has 1 fully saturated rings. The van der Waals surface area contributed by atoms with E-state index in [1.165, 1.54) is 6.33 Å². The smallest absolute Gasteiger partial charge is 0.317 e. The van der Waals surface area contributed by atoms with E-state index in [1.54, 1.807) is 11.0 Å². The van der Waals surface area contributed by atoms with E-state index in [4.69, 9.17) is 0 Å². The zero-order chi connectivity index (χ0) is 19.0. The maximum atomic E-state index is 12.9. The largest absolute Gasteiger partial charge is 0.322 e. The van der Waals surface area contributed by atoms with Gasteiger partial charge in [-0.1, -0.05) is 0 Å². The molecule has 0 atom stereocenters. The summed E-state index contributed by atoms with van der Waals surface area (Å²) in [6.07, 6.45) is 5.24. The fourth-order valence-corrected chi connectivity index (χ4v) is 3.20. The number of anilines is 1. The number of urea groups is 1. The Morgan fingerprint density at radius 2 is 2.00 bits per heavy atom. The number of nitrogens with zero attached hydrogens (tertiary/aromatic N) is 6. The van der Waals surface area contributed by atoms with Crippen LogP contribution in [0.3, 0.4) is 0 Å². The van der Waals surface area contributed by atoms with Crippen molar-refractivity contribution in [2.45, 2.75) is 39.3 Å². The number of hydrogen-bond acceptors (Lipinski definition) is 4. The highest BCUT2D eigenvalue weighted by atomic mass is 16.2. The molecule has 27 heavy (non-hydrogen) atoms. The van der Waals surface area contributed by atoms with Gasteiger partial charge in [0.1, 0.15) is 12.7 Å². The van der Waals surface area contributed by atoms with Crippen molar-refractivity contribution in [2.24, 2.45) is 7.05 Å². The Morgan fingerprint density at radius 3 is 2.56 bits per heavy atom. The molecule has 1 N–H and O–H groups in total. The second kappa shape index (κ2) is 6.86. The van der Waals surface area contributed by atoms with E-state index in [2.05, 4.69) is 20.5 Å². The summed E-state index contributed by atoms with van der Waals surface area (Å²) in [6.45, 7) is 4.62. The lowest BCUT2D eigenvalue weighted by atomic mass is 10.2. The fraction of sp³-hybridized carbons (Fsp3) is 0.368. The zero-order valence-corrected chi connectivity index (χ0v) is 15.8. The number of rotatable bonds is 5. The Morgan fingerprint density at radius 1 is 1.26 bits per heavy atom. The molecule has 8 nitrogen and oxygen atoms in total. The first kappa shape index (κ1) is 17.3. The van der Waals surface area contributed by atoms with Gasteiger partial charge in [0.15, 0.2) is 0 Å². The molecule has 1 aliphatic carbocycles. The van der Waals surface area contributed by atoms with E-state index in [1.807, 2.05) is 54.7 Å². The lowest BCUT2D eigenvalue weighted by Crippen LogP contribution is -2.36. The average molecular weight is 365 g/mol. The molecule has 1 aliphatic rings. The van der Waals surface area contributed by atoms with Crippen LogP contribution < -0.4 is 5.32 Å². The fourth-order valence-electron chi connectivity index (χ4n) is 3.20. The molecule has 0 aliphatic heterocycles. The summed E-state index contributed by atoms with van der Waals surface area (Å²) in [4.78, 5) is 18.8. The summed E-state index contributed by atoms with van der Waals surface area (Å²) in [5.74, 6) is 0. The van der Waals surface area contributed by atoms with Gasteiger partial charge in [-0.05, 0) is 51.0 Å². The van der Waals surface area contributed by atoms with Crippen molar-refractivity contribution in [3.8, 4) is 5.69 Å². The highest BCUT2D eigenvalue weighted by Gasteiger charge is 2.33. The Labute approximate surface area is 157 Å². The summed E-state index contributed by atoms with van der Waals surface area (Å²) < 4.78 is 3.55. The Hall–Kier alpha value is -3.16. The molecular weight excluding hydrogens is 342 g/mol. The van der Waals surface area contributed by atoms with E-state index in [0.717, 1.165) is 41.2 Å². The predicted octanol–water partition coefficient (Wildman–Crippen LogP) is 2.81. The SMILES string of the molecule is Cc1nn(C)c(C)c1CN(C(=O)Nc1ccc(-n2cncn2)cc1)C1CC1. The number of amides is 2. The first-order valence-corrected chi connectivity index (χ1v) is 9.04. The summed E-state index contributed by atoms with van der Waals surface area (Å²) >= 11 is 0. The van der Waals surface area contributed by atoms with Crippen LogP contribution in [0.1, 0.15) is 29.8 Å². The van der Waals surface area contributed by atoms with Gasteiger partial charge in [0.25, 0.3) is 0 Å². The highest BCUT2D eigenvalue weighted by molar-refractivity contribution is 5.89. The number of carbonyl (C=O) groups excluding carboxylic acids is 1. The van der Waals surface area contributed by atoms with Crippen molar-refractivity contribution >= 4 is 11.7 Å². The molecule has 0 spiro atoms. The van der Waals surface area contributed by atoms with Crippen molar-refractivity contribution in [1.82, 2.24) is 29.4 Å². The number of hydrogen-bond donors (Lipinski definition) is 1. The Bertz CT molecular complexity index is 939. The molecule has 0 radical (unpaired) electrons. The van der Waals surface area contributed by atoms with Gasteiger partial charge >= 0.3 is 6.03 Å². The minimum atomic E-state index is -0.0753. The minimum Gasteiger partial charge on any atom is -0.317 e. The third-order valence-corrected chi connectivity index (χ3v) is 5.04. The topological polar surface area (TPSA) is 80.9 Å². The molecule has 0 bridgehead atoms. The Balaban J connectivity index is 1.48. The Kier molecular flexibility index (Phi) is 4.39.